The van der Waals surface area contributed by atoms with E-state index < -0.39 is 0 Å². The van der Waals surface area contributed by atoms with Gasteiger partial charge in [-0.05, 0) is 13.8 Å². The van der Waals surface area contributed by atoms with Crippen LogP contribution < -0.4 is 10.9 Å². The van der Waals surface area contributed by atoms with Crippen LogP contribution in [0.15, 0.2) is 4.79 Å². The molecule has 1 saturated heterocycles. The van der Waals surface area contributed by atoms with Gasteiger partial charge in [-0.2, -0.15) is 0 Å². The number of hydrogen-bond acceptors (Lipinski definition) is 4. The highest BCUT2D eigenvalue weighted by Crippen LogP contribution is 2.01. The van der Waals surface area contributed by atoms with E-state index in [2.05, 4.69) is 20.2 Å². The average Bonchev–Trinajstić information content (AvgIpc) is 2.27. The molecule has 5 heteroatoms. The van der Waals surface area contributed by atoms with Crippen LogP contribution in [-0.4, -0.2) is 41.0 Å². The lowest BCUT2D eigenvalue weighted by atomic mass is 10.2. The van der Waals surface area contributed by atoms with Crippen LogP contribution in [0.3, 0.4) is 0 Å². The van der Waals surface area contributed by atoms with Crippen LogP contribution in [-0.2, 0) is 6.54 Å². The summed E-state index contributed by atoms with van der Waals surface area (Å²) in [5.74, 6) is 0.773. The molecular formula is C11H18N4O. The lowest BCUT2D eigenvalue weighted by molar-refractivity contribution is 0.227. The zero-order chi connectivity index (χ0) is 11.5. The van der Waals surface area contributed by atoms with Gasteiger partial charge in [0, 0.05) is 37.4 Å². The second-order valence-electron chi connectivity index (χ2n) is 4.25. The second-order valence-corrected chi connectivity index (χ2v) is 4.25. The van der Waals surface area contributed by atoms with Crippen molar-refractivity contribution in [2.75, 3.05) is 26.2 Å². The quantitative estimate of drug-likeness (QED) is 0.727. The van der Waals surface area contributed by atoms with Gasteiger partial charge in [-0.1, -0.05) is 0 Å². The third kappa shape index (κ3) is 2.48. The Morgan fingerprint density at radius 2 is 2.00 bits per heavy atom. The summed E-state index contributed by atoms with van der Waals surface area (Å²) in [4.78, 5) is 21.1. The molecule has 16 heavy (non-hydrogen) atoms. The van der Waals surface area contributed by atoms with E-state index in [1.165, 1.54) is 0 Å². The number of nitrogens with one attached hydrogen (secondary N) is 2. The van der Waals surface area contributed by atoms with Gasteiger partial charge in [-0.3, -0.25) is 9.69 Å². The topological polar surface area (TPSA) is 61.0 Å². The van der Waals surface area contributed by atoms with E-state index in [4.69, 9.17) is 0 Å². The molecule has 1 aromatic rings. The van der Waals surface area contributed by atoms with Gasteiger partial charge in [0.05, 0.1) is 6.54 Å². The van der Waals surface area contributed by atoms with Crippen LogP contribution in [0.25, 0.3) is 0 Å². The molecule has 2 N–H and O–H groups in total. The molecule has 0 amide bonds. The standard InChI is InChI=1S/C11H18N4O/c1-8-9(2)13-10(14-11(8)16)7-15-5-3-12-4-6-15/h12H,3-7H2,1-2H3,(H,13,14,16). The van der Waals surface area contributed by atoms with Crippen molar-refractivity contribution < 1.29 is 0 Å². The van der Waals surface area contributed by atoms with Crippen LogP contribution in [0.5, 0.6) is 0 Å². The first kappa shape index (κ1) is 11.3. The highest BCUT2D eigenvalue weighted by Gasteiger charge is 2.12. The number of piperazine rings is 1. The van der Waals surface area contributed by atoms with Crippen molar-refractivity contribution in [3.05, 3.63) is 27.4 Å². The molecular weight excluding hydrogens is 204 g/mol. The lowest BCUT2D eigenvalue weighted by Gasteiger charge is -2.26. The summed E-state index contributed by atoms with van der Waals surface area (Å²) in [6.45, 7) is 8.46. The normalized spacial score (nSPS) is 17.6. The predicted molar refractivity (Wildman–Crippen MR) is 62.5 cm³/mol. The van der Waals surface area contributed by atoms with E-state index in [-0.39, 0.29) is 5.56 Å². The molecule has 0 bridgehead atoms. The fourth-order valence-corrected chi connectivity index (χ4v) is 1.86. The molecule has 2 rings (SSSR count). The third-order valence-corrected chi connectivity index (χ3v) is 3.03. The van der Waals surface area contributed by atoms with Gasteiger partial charge in [-0.25, -0.2) is 4.98 Å². The summed E-state index contributed by atoms with van der Waals surface area (Å²) in [6.07, 6.45) is 0. The summed E-state index contributed by atoms with van der Waals surface area (Å²) in [6, 6.07) is 0. The van der Waals surface area contributed by atoms with Crippen LogP contribution in [0, 0.1) is 13.8 Å². The minimum atomic E-state index is -0.0161. The summed E-state index contributed by atoms with van der Waals surface area (Å²) in [5.41, 5.74) is 1.52. The molecule has 88 valence electrons. The Balaban J connectivity index is 2.12. The number of nitrogens with zero attached hydrogens (tertiary/aromatic N) is 2. The number of H-pyrrole nitrogens is 1. The largest absolute Gasteiger partial charge is 0.314 e. The first-order chi connectivity index (χ1) is 7.66. The zero-order valence-corrected chi connectivity index (χ0v) is 9.84. The van der Waals surface area contributed by atoms with Crippen molar-refractivity contribution in [3.63, 3.8) is 0 Å². The first-order valence-electron chi connectivity index (χ1n) is 5.66. The highest BCUT2D eigenvalue weighted by atomic mass is 16.1. The summed E-state index contributed by atoms with van der Waals surface area (Å²) < 4.78 is 0. The van der Waals surface area contributed by atoms with Crippen molar-refractivity contribution in [2.45, 2.75) is 20.4 Å². The van der Waals surface area contributed by atoms with Gasteiger partial charge in [0.25, 0.3) is 5.56 Å². The molecule has 0 aromatic carbocycles. The van der Waals surface area contributed by atoms with E-state index in [0.29, 0.717) is 5.56 Å². The molecule has 0 unspecified atom stereocenters. The van der Waals surface area contributed by atoms with E-state index in [1.807, 2.05) is 6.92 Å². The summed E-state index contributed by atoms with van der Waals surface area (Å²) >= 11 is 0. The monoisotopic (exact) mass is 222 g/mol. The van der Waals surface area contributed by atoms with Crippen molar-refractivity contribution in [1.29, 1.82) is 0 Å². The van der Waals surface area contributed by atoms with Gasteiger partial charge < -0.3 is 10.3 Å². The second kappa shape index (κ2) is 4.76. The summed E-state index contributed by atoms with van der Waals surface area (Å²) in [7, 11) is 0. The van der Waals surface area contributed by atoms with Gasteiger partial charge in [0.1, 0.15) is 5.82 Å². The third-order valence-electron chi connectivity index (χ3n) is 3.03. The number of aromatic nitrogens is 2. The molecule has 0 radical (unpaired) electrons. The van der Waals surface area contributed by atoms with Crippen molar-refractivity contribution in [1.82, 2.24) is 20.2 Å². The molecule has 0 aliphatic carbocycles. The SMILES string of the molecule is Cc1nc(CN2CCNCC2)[nH]c(=O)c1C. The van der Waals surface area contributed by atoms with E-state index in [0.717, 1.165) is 44.2 Å². The molecule has 2 heterocycles. The molecule has 1 aliphatic rings. The Labute approximate surface area is 94.9 Å². The number of hydrogen-bond donors (Lipinski definition) is 2. The van der Waals surface area contributed by atoms with Gasteiger partial charge in [0.2, 0.25) is 0 Å². The van der Waals surface area contributed by atoms with E-state index in [1.54, 1.807) is 6.92 Å². The average molecular weight is 222 g/mol. The Hall–Kier alpha value is -1.20. The van der Waals surface area contributed by atoms with Crippen molar-refractivity contribution in [2.24, 2.45) is 0 Å². The highest BCUT2D eigenvalue weighted by molar-refractivity contribution is 5.14. The van der Waals surface area contributed by atoms with Crippen LogP contribution in [0.2, 0.25) is 0 Å². The zero-order valence-electron chi connectivity index (χ0n) is 9.84. The van der Waals surface area contributed by atoms with Crippen LogP contribution >= 0.6 is 0 Å². The Kier molecular flexibility index (Phi) is 3.36. The molecule has 1 aliphatic heterocycles. The maximum absolute atomic E-state index is 11.6. The maximum Gasteiger partial charge on any atom is 0.254 e. The fraction of sp³-hybridized carbons (Fsp3) is 0.636. The lowest BCUT2D eigenvalue weighted by Crippen LogP contribution is -2.43. The first-order valence-corrected chi connectivity index (χ1v) is 5.66. The van der Waals surface area contributed by atoms with E-state index in [9.17, 15) is 4.79 Å². The smallest absolute Gasteiger partial charge is 0.254 e. The molecule has 1 fully saturated rings. The number of aromatic amines is 1. The minimum Gasteiger partial charge on any atom is -0.314 e. The molecule has 1 aromatic heterocycles. The molecule has 0 spiro atoms. The number of rotatable bonds is 2. The molecule has 5 nitrogen and oxygen atoms in total. The molecule has 0 saturated carbocycles. The van der Waals surface area contributed by atoms with E-state index >= 15 is 0 Å². The van der Waals surface area contributed by atoms with Crippen LogP contribution in [0.4, 0.5) is 0 Å². The Bertz CT molecular complexity index is 420. The Morgan fingerprint density at radius 1 is 1.31 bits per heavy atom. The van der Waals surface area contributed by atoms with Crippen LogP contribution in [0.1, 0.15) is 17.1 Å². The van der Waals surface area contributed by atoms with Crippen molar-refractivity contribution in [3.8, 4) is 0 Å². The summed E-state index contributed by atoms with van der Waals surface area (Å²) in [5, 5.41) is 3.30. The maximum atomic E-state index is 11.6. The number of aryl methyl sites for hydroxylation is 1. The van der Waals surface area contributed by atoms with Gasteiger partial charge in [-0.15, -0.1) is 0 Å². The fourth-order valence-electron chi connectivity index (χ4n) is 1.86. The molecule has 0 atom stereocenters. The van der Waals surface area contributed by atoms with Gasteiger partial charge >= 0.3 is 0 Å². The minimum absolute atomic E-state index is 0.0161. The van der Waals surface area contributed by atoms with Gasteiger partial charge in [0.15, 0.2) is 0 Å². The predicted octanol–water partition coefficient (Wildman–Crippen LogP) is -0.208. The Morgan fingerprint density at radius 3 is 2.62 bits per heavy atom. The van der Waals surface area contributed by atoms with Crippen molar-refractivity contribution >= 4 is 0 Å².